The van der Waals surface area contributed by atoms with E-state index in [1.165, 1.54) is 52.8 Å². The second kappa shape index (κ2) is 12.7. The number of fused-ring (bicyclic) bond motifs is 10. The summed E-state index contributed by atoms with van der Waals surface area (Å²) < 4.78 is 2.55. The van der Waals surface area contributed by atoms with Gasteiger partial charge in [0.1, 0.15) is 0 Å². The number of hydrogen-bond acceptors (Lipinski definition) is 5. The Morgan fingerprint density at radius 1 is 0.481 bits per heavy atom. The van der Waals surface area contributed by atoms with Crippen molar-refractivity contribution < 1.29 is 17.6 Å². The van der Waals surface area contributed by atoms with Crippen LogP contribution in [0.3, 0.4) is 0 Å². The molecule has 4 aliphatic rings. The van der Waals surface area contributed by atoms with Crippen LogP contribution in [0.1, 0.15) is 42.1 Å². The molecular formula is C48H39N5Pt-2. The molecule has 0 radical (unpaired) electrons. The molecular weight excluding hydrogens is 842 g/mol. The average molecular weight is 881 g/mol. The Bertz CT molecular complexity index is 2410. The predicted octanol–water partition coefficient (Wildman–Crippen LogP) is 9.90. The molecule has 0 amide bonds. The molecule has 5 nitrogen and oxygen atoms in total. The van der Waals surface area contributed by atoms with Gasteiger partial charge in [0.2, 0.25) is 0 Å². The number of benzene rings is 6. The molecule has 0 aromatic heterocycles. The van der Waals surface area contributed by atoms with Crippen LogP contribution in [0.15, 0.2) is 158 Å². The molecule has 3 aliphatic heterocycles. The summed E-state index contributed by atoms with van der Waals surface area (Å²) in [5.74, 6) is 0. The van der Waals surface area contributed by atoms with Gasteiger partial charge in [-0.1, -0.05) is 12.1 Å². The van der Waals surface area contributed by atoms with E-state index in [1.54, 1.807) is 0 Å². The SMILES string of the molecule is CN1C=CN2[C]1=[Pt]=[C]1N(C)C=CN1c1[c-]c(ccc1)N(C1c3c(-c4ccccc4)cccc3C(C)(C)c3cccc(-c4ccccc4)c31)c1[c-]c2ccc1. The van der Waals surface area contributed by atoms with Crippen LogP contribution in [0, 0.1) is 12.1 Å². The molecule has 1 aliphatic carbocycles. The van der Waals surface area contributed by atoms with E-state index in [1.807, 2.05) is 0 Å². The molecule has 0 unspecified atom stereocenters. The first-order chi connectivity index (χ1) is 26.4. The summed E-state index contributed by atoms with van der Waals surface area (Å²) in [4.78, 5) is 11.7. The van der Waals surface area contributed by atoms with Crippen molar-refractivity contribution in [2.45, 2.75) is 25.3 Å². The summed E-state index contributed by atoms with van der Waals surface area (Å²) in [7, 11) is 4.31. The van der Waals surface area contributed by atoms with Gasteiger partial charge in [-0.15, -0.1) is 0 Å². The summed E-state index contributed by atoms with van der Waals surface area (Å²) in [6.07, 6.45) is 8.71. The summed E-state index contributed by atoms with van der Waals surface area (Å²) >= 11 is -0.607. The van der Waals surface area contributed by atoms with Crippen molar-refractivity contribution in [2.75, 3.05) is 28.8 Å². The molecule has 6 heteroatoms. The van der Waals surface area contributed by atoms with Crippen molar-refractivity contribution in [3.8, 4) is 22.3 Å². The Labute approximate surface area is 325 Å². The van der Waals surface area contributed by atoms with Gasteiger partial charge in [-0.2, -0.15) is 0 Å². The summed E-state index contributed by atoms with van der Waals surface area (Å²) in [5, 5.41) is 0. The zero-order valence-corrected chi connectivity index (χ0v) is 32.9. The van der Waals surface area contributed by atoms with Crippen molar-refractivity contribution >= 4 is 31.0 Å². The Morgan fingerprint density at radius 2 is 0.907 bits per heavy atom. The maximum atomic E-state index is 3.98. The van der Waals surface area contributed by atoms with Gasteiger partial charge in [0, 0.05) is 0 Å². The van der Waals surface area contributed by atoms with Crippen LogP contribution < -0.4 is 14.7 Å². The Morgan fingerprint density at radius 3 is 1.37 bits per heavy atom. The molecule has 54 heavy (non-hydrogen) atoms. The van der Waals surface area contributed by atoms with E-state index >= 15 is 0 Å². The molecule has 0 spiro atoms. The molecule has 268 valence electrons. The number of anilines is 4. The minimum absolute atomic E-state index is 0.218. The first kappa shape index (κ1) is 32.8. The van der Waals surface area contributed by atoms with Crippen molar-refractivity contribution in [3.05, 3.63) is 193 Å². The van der Waals surface area contributed by atoms with Gasteiger partial charge in [0.15, 0.2) is 0 Å². The second-order valence-electron chi connectivity index (χ2n) is 14.6. The standard InChI is InChI=1S/C48H39N5.Pt/c1-48(2)43-25-13-23-41(35-15-7-5-8-16-35)45(43)47(46-42(24-14-26-44(46)48)36-17-9-6-10-18-36)53(39-21-11-19-37(31-39)51-29-27-49(3)33-51)40-22-12-20-38(32-40)52-30-28-50(4)34-52;/h5-30,47H,1-4H3;/q-2;. The van der Waals surface area contributed by atoms with Gasteiger partial charge in [-0.3, -0.25) is 0 Å². The quantitative estimate of drug-likeness (QED) is 0.164. The predicted molar refractivity (Wildman–Crippen MR) is 219 cm³/mol. The Balaban J connectivity index is 1.33. The molecule has 0 N–H and O–H groups in total. The second-order valence-corrected chi connectivity index (χ2v) is 17.2. The summed E-state index contributed by atoms with van der Waals surface area (Å²) in [6, 6.07) is 56.6. The van der Waals surface area contributed by atoms with Gasteiger partial charge in [-0.25, -0.2) is 0 Å². The van der Waals surface area contributed by atoms with Crippen molar-refractivity contribution in [2.24, 2.45) is 0 Å². The minimum atomic E-state index is -0.607. The van der Waals surface area contributed by atoms with Crippen LogP contribution in [-0.2, 0) is 23.1 Å². The molecule has 10 rings (SSSR count). The van der Waals surface area contributed by atoms with Crippen molar-refractivity contribution in [1.82, 2.24) is 9.80 Å². The fraction of sp³-hybridized carbons (Fsp3) is 0.125. The van der Waals surface area contributed by atoms with Crippen LogP contribution in [-0.4, -0.2) is 32.2 Å². The van der Waals surface area contributed by atoms with Crippen LogP contribution in [0.4, 0.5) is 22.7 Å². The fourth-order valence-electron chi connectivity index (χ4n) is 8.45. The maximum absolute atomic E-state index is 3.98. The molecule has 4 bridgehead atoms. The van der Waals surface area contributed by atoms with Gasteiger partial charge in [0.25, 0.3) is 0 Å². The summed E-state index contributed by atoms with van der Waals surface area (Å²) in [5.41, 5.74) is 13.9. The summed E-state index contributed by atoms with van der Waals surface area (Å²) in [6.45, 7) is 4.79. The number of nitrogens with zero attached hydrogens (tertiary/aromatic N) is 5. The van der Waals surface area contributed by atoms with Gasteiger partial charge in [0.05, 0.1) is 0 Å². The van der Waals surface area contributed by atoms with Gasteiger partial charge >= 0.3 is 315 Å². The molecule has 6 aromatic carbocycles. The molecule has 3 heterocycles. The van der Waals surface area contributed by atoms with Crippen LogP contribution in [0.5, 0.6) is 0 Å². The third-order valence-corrected chi connectivity index (χ3v) is 14.7. The first-order valence-electron chi connectivity index (χ1n) is 18.3. The van der Waals surface area contributed by atoms with E-state index < -0.39 is 17.6 Å². The third kappa shape index (κ3) is 5.10. The normalized spacial score (nSPS) is 17.0. The molecule has 0 saturated heterocycles. The Hall–Kier alpha value is -5.77. The van der Waals surface area contributed by atoms with Crippen molar-refractivity contribution in [3.63, 3.8) is 0 Å². The van der Waals surface area contributed by atoms with Gasteiger partial charge < -0.3 is 0 Å². The third-order valence-electron chi connectivity index (χ3n) is 11.0. The zero-order chi connectivity index (χ0) is 36.6. The molecule has 0 atom stereocenters. The van der Waals surface area contributed by atoms with E-state index in [0.29, 0.717) is 0 Å². The molecule has 0 fully saturated rings. The topological polar surface area (TPSA) is 16.2 Å². The van der Waals surface area contributed by atoms with Crippen LogP contribution in [0.25, 0.3) is 22.3 Å². The van der Waals surface area contributed by atoms with E-state index in [2.05, 4.69) is 223 Å². The number of rotatable bonds is 3. The van der Waals surface area contributed by atoms with E-state index in [-0.39, 0.29) is 11.5 Å². The van der Waals surface area contributed by atoms with Crippen LogP contribution >= 0.6 is 0 Å². The van der Waals surface area contributed by atoms with Crippen LogP contribution in [0.2, 0.25) is 0 Å². The Kier molecular flexibility index (Phi) is 7.71. The molecule has 0 saturated carbocycles. The van der Waals surface area contributed by atoms with E-state index in [0.717, 1.165) is 22.7 Å². The van der Waals surface area contributed by atoms with E-state index in [4.69, 9.17) is 0 Å². The zero-order valence-electron chi connectivity index (χ0n) is 30.6. The monoisotopic (exact) mass is 880 g/mol. The van der Waals surface area contributed by atoms with Gasteiger partial charge in [-0.05, 0) is 0 Å². The average Bonchev–Trinajstić information content (AvgIpc) is 3.77. The first-order valence-corrected chi connectivity index (χ1v) is 20.6. The van der Waals surface area contributed by atoms with E-state index in [9.17, 15) is 0 Å². The number of hydrogen-bond donors (Lipinski definition) is 0. The fourth-order valence-corrected chi connectivity index (χ4v) is 11.5. The molecule has 6 aromatic rings. The van der Waals surface area contributed by atoms with Crippen molar-refractivity contribution in [1.29, 1.82) is 0 Å².